The zero-order valence-corrected chi connectivity index (χ0v) is 17.0. The zero-order valence-electron chi connectivity index (χ0n) is 17.0. The monoisotopic (exact) mass is 351 g/mol. The van der Waals surface area contributed by atoms with E-state index in [2.05, 4.69) is 35.6 Å². The molecule has 2 aliphatic heterocycles. The van der Waals surface area contributed by atoms with Gasteiger partial charge in [-0.1, -0.05) is 33.1 Å². The van der Waals surface area contributed by atoms with Gasteiger partial charge in [0.2, 0.25) is 5.91 Å². The Balaban J connectivity index is 1.43. The van der Waals surface area contributed by atoms with Gasteiger partial charge in [-0.05, 0) is 51.1 Å². The van der Waals surface area contributed by atoms with E-state index in [1.807, 2.05) is 0 Å². The standard InChI is InChI=1S/C21H41N3O/c1-19(2)20-10-13-24(14-11-20)21(25)9-7-5-4-6-8-12-23-17-15-22(3)16-18-23/h19-20H,4-18H2,1-3H3. The maximum absolute atomic E-state index is 12.3. The summed E-state index contributed by atoms with van der Waals surface area (Å²) in [6.45, 7) is 12.8. The van der Waals surface area contributed by atoms with Gasteiger partial charge in [-0.15, -0.1) is 0 Å². The summed E-state index contributed by atoms with van der Waals surface area (Å²) in [5, 5.41) is 0. The number of rotatable bonds is 9. The third-order valence-corrected chi connectivity index (χ3v) is 6.30. The van der Waals surface area contributed by atoms with E-state index in [4.69, 9.17) is 0 Å². The Morgan fingerprint density at radius 2 is 1.48 bits per heavy atom. The lowest BCUT2D eigenvalue weighted by atomic mass is 9.86. The molecule has 0 aromatic heterocycles. The number of piperazine rings is 1. The van der Waals surface area contributed by atoms with Crippen LogP contribution in [0.1, 0.15) is 65.2 Å². The van der Waals surface area contributed by atoms with Crippen LogP contribution in [0.4, 0.5) is 0 Å². The molecule has 0 spiro atoms. The van der Waals surface area contributed by atoms with Crippen LogP contribution >= 0.6 is 0 Å². The molecule has 25 heavy (non-hydrogen) atoms. The topological polar surface area (TPSA) is 26.8 Å². The molecule has 2 fully saturated rings. The number of unbranched alkanes of at least 4 members (excludes halogenated alkanes) is 4. The Bertz CT molecular complexity index is 369. The van der Waals surface area contributed by atoms with Gasteiger partial charge in [0.25, 0.3) is 0 Å². The Labute approximate surface area is 155 Å². The van der Waals surface area contributed by atoms with E-state index in [9.17, 15) is 4.79 Å². The molecule has 0 aromatic rings. The molecule has 2 saturated heterocycles. The maximum Gasteiger partial charge on any atom is 0.222 e. The first-order valence-electron chi connectivity index (χ1n) is 10.7. The SMILES string of the molecule is CC(C)C1CCN(C(=O)CCCCCCCN2CCN(C)CC2)CC1. The molecule has 146 valence electrons. The smallest absolute Gasteiger partial charge is 0.222 e. The van der Waals surface area contributed by atoms with Crippen LogP contribution in [0, 0.1) is 11.8 Å². The fourth-order valence-corrected chi connectivity index (χ4v) is 4.19. The quantitative estimate of drug-likeness (QED) is 0.595. The number of nitrogens with zero attached hydrogens (tertiary/aromatic N) is 3. The van der Waals surface area contributed by atoms with E-state index >= 15 is 0 Å². The van der Waals surface area contributed by atoms with E-state index in [1.165, 1.54) is 71.2 Å². The molecule has 0 aliphatic carbocycles. The molecular formula is C21H41N3O. The third kappa shape index (κ3) is 7.65. The summed E-state index contributed by atoms with van der Waals surface area (Å²) in [6.07, 6.45) is 9.40. The van der Waals surface area contributed by atoms with Gasteiger partial charge in [0.05, 0.1) is 0 Å². The van der Waals surface area contributed by atoms with E-state index in [-0.39, 0.29) is 0 Å². The van der Waals surface area contributed by atoms with Crippen LogP contribution in [0.25, 0.3) is 0 Å². The van der Waals surface area contributed by atoms with Crippen molar-refractivity contribution in [3.63, 3.8) is 0 Å². The summed E-state index contributed by atoms with van der Waals surface area (Å²) in [5.41, 5.74) is 0. The van der Waals surface area contributed by atoms with E-state index in [1.54, 1.807) is 0 Å². The second-order valence-corrected chi connectivity index (χ2v) is 8.62. The summed E-state index contributed by atoms with van der Waals surface area (Å²) in [4.78, 5) is 19.4. The van der Waals surface area contributed by atoms with Crippen LogP contribution in [0.5, 0.6) is 0 Å². The van der Waals surface area contributed by atoms with Gasteiger partial charge < -0.3 is 14.7 Å². The van der Waals surface area contributed by atoms with Gasteiger partial charge in [0, 0.05) is 45.7 Å². The molecule has 4 heteroatoms. The van der Waals surface area contributed by atoms with E-state index < -0.39 is 0 Å². The van der Waals surface area contributed by atoms with Crippen molar-refractivity contribution >= 4 is 5.91 Å². The van der Waals surface area contributed by atoms with Gasteiger partial charge in [-0.2, -0.15) is 0 Å². The molecule has 0 saturated carbocycles. The van der Waals surface area contributed by atoms with Crippen LogP contribution in [0.3, 0.4) is 0 Å². The molecule has 0 bridgehead atoms. The highest BCUT2D eigenvalue weighted by molar-refractivity contribution is 5.76. The summed E-state index contributed by atoms with van der Waals surface area (Å²) >= 11 is 0. The van der Waals surface area contributed by atoms with Gasteiger partial charge in [-0.25, -0.2) is 0 Å². The van der Waals surface area contributed by atoms with Gasteiger partial charge in [-0.3, -0.25) is 4.79 Å². The van der Waals surface area contributed by atoms with Crippen LogP contribution in [-0.2, 0) is 4.79 Å². The minimum absolute atomic E-state index is 0.402. The highest BCUT2D eigenvalue weighted by atomic mass is 16.2. The van der Waals surface area contributed by atoms with Crippen LogP contribution in [0.2, 0.25) is 0 Å². The molecule has 0 radical (unpaired) electrons. The third-order valence-electron chi connectivity index (χ3n) is 6.30. The fraction of sp³-hybridized carbons (Fsp3) is 0.952. The van der Waals surface area contributed by atoms with Crippen molar-refractivity contribution < 1.29 is 4.79 Å². The number of likely N-dealkylation sites (N-methyl/N-ethyl adjacent to an activating group) is 1. The van der Waals surface area contributed by atoms with Crippen molar-refractivity contribution in [2.24, 2.45) is 11.8 Å². The second-order valence-electron chi connectivity index (χ2n) is 8.62. The molecule has 4 nitrogen and oxygen atoms in total. The first-order valence-corrected chi connectivity index (χ1v) is 10.7. The highest BCUT2D eigenvalue weighted by Gasteiger charge is 2.24. The van der Waals surface area contributed by atoms with Gasteiger partial charge in [0.1, 0.15) is 0 Å². The summed E-state index contributed by atoms with van der Waals surface area (Å²) < 4.78 is 0. The molecular weight excluding hydrogens is 310 g/mol. The number of hydrogen-bond acceptors (Lipinski definition) is 3. The van der Waals surface area contributed by atoms with Gasteiger partial charge >= 0.3 is 0 Å². The lowest BCUT2D eigenvalue weighted by molar-refractivity contribution is -0.132. The van der Waals surface area contributed by atoms with Crippen molar-refractivity contribution in [3.8, 4) is 0 Å². The Kier molecular flexibility index (Phi) is 9.25. The highest BCUT2D eigenvalue weighted by Crippen LogP contribution is 2.24. The molecule has 0 unspecified atom stereocenters. The molecule has 1 amide bonds. The molecule has 0 N–H and O–H groups in total. The number of carbonyl (C=O) groups is 1. The lowest BCUT2D eigenvalue weighted by Crippen LogP contribution is -2.44. The molecule has 2 aliphatic rings. The number of carbonyl (C=O) groups excluding carboxylic acids is 1. The van der Waals surface area contributed by atoms with Crippen molar-refractivity contribution in [2.45, 2.75) is 65.2 Å². The second kappa shape index (κ2) is 11.2. The van der Waals surface area contributed by atoms with Crippen molar-refractivity contribution in [1.29, 1.82) is 0 Å². The molecule has 2 heterocycles. The average Bonchev–Trinajstić information content (AvgIpc) is 2.62. The largest absolute Gasteiger partial charge is 0.343 e. The Morgan fingerprint density at radius 3 is 2.12 bits per heavy atom. The average molecular weight is 352 g/mol. The Hall–Kier alpha value is -0.610. The van der Waals surface area contributed by atoms with Gasteiger partial charge in [0.15, 0.2) is 0 Å². The fourth-order valence-electron chi connectivity index (χ4n) is 4.19. The first kappa shape index (κ1) is 20.7. The van der Waals surface area contributed by atoms with Crippen LogP contribution in [-0.4, -0.2) is 73.5 Å². The number of piperidine rings is 1. The zero-order chi connectivity index (χ0) is 18.1. The van der Waals surface area contributed by atoms with Crippen molar-refractivity contribution in [3.05, 3.63) is 0 Å². The number of likely N-dealkylation sites (tertiary alicyclic amines) is 1. The molecule has 2 rings (SSSR count). The predicted molar refractivity (Wildman–Crippen MR) is 106 cm³/mol. The van der Waals surface area contributed by atoms with Crippen molar-refractivity contribution in [1.82, 2.24) is 14.7 Å². The summed E-state index contributed by atoms with van der Waals surface area (Å²) in [7, 11) is 2.21. The van der Waals surface area contributed by atoms with Crippen molar-refractivity contribution in [2.75, 3.05) is 52.9 Å². The molecule has 0 aromatic carbocycles. The number of amides is 1. The minimum Gasteiger partial charge on any atom is -0.343 e. The number of hydrogen-bond donors (Lipinski definition) is 0. The lowest BCUT2D eigenvalue weighted by Gasteiger charge is -2.34. The summed E-state index contributed by atoms with van der Waals surface area (Å²) in [5.74, 6) is 1.99. The van der Waals surface area contributed by atoms with Crippen LogP contribution < -0.4 is 0 Å². The van der Waals surface area contributed by atoms with Crippen LogP contribution in [0.15, 0.2) is 0 Å². The predicted octanol–water partition coefficient (Wildman–Crippen LogP) is 3.47. The summed E-state index contributed by atoms with van der Waals surface area (Å²) in [6, 6.07) is 0. The van der Waals surface area contributed by atoms with E-state index in [0.717, 1.165) is 37.8 Å². The molecule has 0 atom stereocenters. The normalized spacial score (nSPS) is 21.2. The maximum atomic E-state index is 12.3. The minimum atomic E-state index is 0.402. The Morgan fingerprint density at radius 1 is 0.880 bits per heavy atom. The van der Waals surface area contributed by atoms with E-state index in [0.29, 0.717) is 5.91 Å². The first-order chi connectivity index (χ1) is 12.1.